The monoisotopic (exact) mass is 1910 g/mol. The Balaban J connectivity index is -0.0000000214. The summed E-state index contributed by atoms with van der Waals surface area (Å²) in [5, 5.41) is 72.8. The van der Waals surface area contributed by atoms with Crippen molar-refractivity contribution in [2.75, 3.05) is 246 Å². The Hall–Kier alpha value is -4.72. The first-order valence-electron chi connectivity index (χ1n) is 22.6. The van der Waals surface area contributed by atoms with Crippen LogP contribution in [0.3, 0.4) is 0 Å². The molecule has 0 bridgehead atoms. The van der Waals surface area contributed by atoms with E-state index < -0.39 is 244 Å². The molecule has 0 aliphatic rings. The number of hydrogen-bond acceptors (Lipinski definition) is 13. The fourth-order valence-corrected chi connectivity index (χ4v) is 0.323. The van der Waals surface area contributed by atoms with Crippen LogP contribution in [0.1, 0.15) is 0 Å². The van der Waals surface area contributed by atoms with Gasteiger partial charge in [0.15, 0.2) is 40.8 Å². The largest absolute Gasteiger partial charge is 0.413 e. The number of ether oxygens (including phenoxy) is 1. The molecule has 0 spiro atoms. The normalized spacial score (nSPS) is 7.70. The SMILES string of the molecule is FCC(F)(F)OF.FCF.FCF.FCF.FCF.FCF.FCF.FCF.FCF.FCF.FCF.FCF.FCF.FCF.FCF.FCF.FCF.FCF.FCF.FCF.FCF.OCC(F)(F)OC(F)(F)CF.OCC(F)(F)OF.OCCF.OCCF.OCCF.OCCF.OCF.OCF.OCF.OCF. The Morgan fingerprint density at radius 3 is 0.265 bits per heavy atom. The molecule has 0 fully saturated rings. The third kappa shape index (κ3) is 2190. The van der Waals surface area contributed by atoms with E-state index in [9.17, 15) is 264 Å². The van der Waals surface area contributed by atoms with Gasteiger partial charge in [0.25, 0.3) is 0 Å². The molecule has 0 aliphatic carbocycles. The number of aliphatic hydroxyl groups excluding tert-OH is 10. The average molecular weight is 1910 g/mol. The fourth-order valence-electron chi connectivity index (χ4n) is 0.323. The van der Waals surface area contributed by atoms with E-state index in [1.807, 2.05) is 9.88 Å². The summed E-state index contributed by atoms with van der Waals surface area (Å²) in [6.07, 6.45) is -17.2. The predicted molar refractivity (Wildman–Crippen MR) is 278 cm³/mol. The molecule has 0 aromatic carbocycles. The van der Waals surface area contributed by atoms with Gasteiger partial charge in [-0.1, -0.05) is 0 Å². The minimum absolute atomic E-state index is 0.347. The highest BCUT2D eigenvalue weighted by molar-refractivity contribution is 4.56. The zero-order chi connectivity index (χ0) is 99.6. The van der Waals surface area contributed by atoms with E-state index in [0.717, 1.165) is 0 Å². The molecular weight excluding hydrogens is 1830 g/mol. The van der Waals surface area contributed by atoms with Crippen molar-refractivity contribution in [3.63, 3.8) is 0 Å². The van der Waals surface area contributed by atoms with E-state index in [0.29, 0.717) is 0 Å². The maximum atomic E-state index is 11.7. The zero-order valence-electron chi connectivity index (χ0n) is 55.8. The maximum absolute atomic E-state index is 11.7. The van der Waals surface area contributed by atoms with Crippen LogP contribution in [0, 0.1) is 0 Å². The van der Waals surface area contributed by atoms with Crippen LogP contribution in [-0.2, 0) is 14.6 Å². The lowest BCUT2D eigenvalue weighted by atomic mass is 10.6. The van der Waals surface area contributed by atoms with Gasteiger partial charge in [0.2, 0.25) is 139 Å². The molecule has 740 valence electrons. The van der Waals surface area contributed by atoms with Crippen LogP contribution in [0.5, 0.6) is 0 Å². The smallest absolute Gasteiger partial charge is 0.394 e. The summed E-state index contributed by atoms with van der Waals surface area (Å²) in [5.74, 6) is 0. The van der Waals surface area contributed by atoms with E-state index in [-0.39, 0.29) is 26.4 Å². The van der Waals surface area contributed by atoms with E-state index in [1.165, 1.54) is 0 Å². The molecule has 0 amide bonds. The van der Waals surface area contributed by atoms with Gasteiger partial charge in [-0.3, -0.25) is 4.74 Å². The highest BCUT2D eigenvalue weighted by atomic mass is 19.4. The number of halogens is 60. The second-order valence-electron chi connectivity index (χ2n) is 7.54. The van der Waals surface area contributed by atoms with Gasteiger partial charge in [0.1, 0.15) is 39.9 Å². The molecule has 0 saturated carbocycles. The van der Waals surface area contributed by atoms with Crippen molar-refractivity contribution in [1.82, 2.24) is 0 Å². The standard InChI is InChI=1S/C4H5F5O2.C2H2F4O.C2H3F3O2.4C2H5FO.20CH2F2.4CH3FO/c5-1-3(6,7)11-4(8,9)2-10;3-1-2(4,5)7-6;3-2(4,1-6)7-5;4*3-1-2-4;24*2-1-3/h10H,1-2H2;1H2;6H,1H2;4*4H,1-2H2;20*1H2;4*3H,1H2. The Morgan fingerprint density at radius 2 is 0.239 bits per heavy atom. The molecular formula is C40H82F60O13. The lowest BCUT2D eigenvalue weighted by molar-refractivity contribution is -0.384. The number of hydrogen-bond donors (Lipinski definition) is 10. The molecule has 0 aliphatic heterocycles. The first kappa shape index (κ1) is 209. The van der Waals surface area contributed by atoms with Gasteiger partial charge in [0, 0.05) is 0 Å². The van der Waals surface area contributed by atoms with Crippen LogP contribution in [-0.4, -0.2) is 321 Å². The number of rotatable bonds is 12. The Bertz CT molecular complexity index is 716. The first-order chi connectivity index (χ1) is 52.7. The molecule has 0 rings (SSSR count). The zero-order valence-corrected chi connectivity index (χ0v) is 55.8. The Morgan fingerprint density at radius 1 is 0.159 bits per heavy atom. The molecule has 0 radical (unpaired) electrons. The summed E-state index contributed by atoms with van der Waals surface area (Å²) in [7, 11) is 0. The summed E-state index contributed by atoms with van der Waals surface area (Å²) in [4.78, 5) is 3.88. The highest BCUT2D eigenvalue weighted by Gasteiger charge is 2.43. The van der Waals surface area contributed by atoms with Crippen molar-refractivity contribution in [2.24, 2.45) is 0 Å². The van der Waals surface area contributed by atoms with E-state index >= 15 is 0 Å². The van der Waals surface area contributed by atoms with Crippen LogP contribution in [0.25, 0.3) is 0 Å². The lowest BCUT2D eigenvalue weighted by Crippen LogP contribution is -2.37. The third-order valence-electron chi connectivity index (χ3n) is 1.54. The predicted octanol–water partition coefficient (Wildman–Crippen LogP) is 20.1. The van der Waals surface area contributed by atoms with Gasteiger partial charge in [-0.2, -0.15) is 35.1 Å². The molecule has 10 N–H and O–H groups in total. The van der Waals surface area contributed by atoms with Gasteiger partial charge in [0.05, 0.1) is 26.4 Å². The van der Waals surface area contributed by atoms with Gasteiger partial charge < -0.3 is 51.1 Å². The molecule has 113 heavy (non-hydrogen) atoms. The molecule has 13 nitrogen and oxygen atoms in total. The minimum Gasteiger partial charge on any atom is -0.394 e. The van der Waals surface area contributed by atoms with Crippen molar-refractivity contribution in [2.45, 2.75) is 24.4 Å². The third-order valence-corrected chi connectivity index (χ3v) is 1.54. The van der Waals surface area contributed by atoms with Crippen LogP contribution in [0.2, 0.25) is 0 Å². The van der Waals surface area contributed by atoms with Gasteiger partial charge in [-0.05, 0) is 9.05 Å². The topological polar surface area (TPSA) is 230 Å². The summed E-state index contributed by atoms with van der Waals surface area (Å²) in [5.41, 5.74) is 0. The molecule has 0 aromatic rings. The quantitative estimate of drug-likeness (QED) is 0.0821. The number of aliphatic hydroxyl groups is 10. The summed E-state index contributed by atoms with van der Waals surface area (Å²) >= 11 is 0. The van der Waals surface area contributed by atoms with Crippen molar-refractivity contribution in [3.05, 3.63) is 0 Å². The molecule has 0 saturated heterocycles. The molecule has 0 atom stereocenters. The molecule has 0 heterocycles. The van der Waals surface area contributed by atoms with Gasteiger partial charge >= 0.3 is 24.4 Å². The van der Waals surface area contributed by atoms with Crippen molar-refractivity contribution >= 4 is 0 Å². The molecule has 73 heteroatoms. The Labute approximate surface area is 600 Å². The Kier molecular flexibility index (Phi) is 659. The molecule has 0 unspecified atom stereocenters. The lowest BCUT2D eigenvalue weighted by Gasteiger charge is -2.19. The van der Waals surface area contributed by atoms with Crippen LogP contribution in [0.4, 0.5) is 264 Å². The van der Waals surface area contributed by atoms with Crippen LogP contribution < -0.4 is 0 Å². The second kappa shape index (κ2) is 357. The van der Waals surface area contributed by atoms with Crippen molar-refractivity contribution in [1.29, 1.82) is 0 Å². The van der Waals surface area contributed by atoms with E-state index in [2.05, 4.69) is 4.74 Å². The van der Waals surface area contributed by atoms with Gasteiger partial charge in [-0.25, -0.2) is 220 Å². The summed E-state index contributed by atoms with van der Waals surface area (Å²) in [6.45, 7) is -51.9. The number of alkyl halides is 58. The van der Waals surface area contributed by atoms with Crippen LogP contribution in [0.15, 0.2) is 0 Å². The average Bonchev–Trinajstić information content (AvgIpc) is 3.63. The minimum atomic E-state index is -4.55. The van der Waals surface area contributed by atoms with Crippen LogP contribution >= 0.6 is 0 Å². The van der Waals surface area contributed by atoms with Gasteiger partial charge in [-0.15, -0.1) is 9.88 Å². The van der Waals surface area contributed by atoms with E-state index in [1.54, 1.807) is 0 Å². The fraction of sp³-hybridized carbons (Fsp3) is 1.00. The van der Waals surface area contributed by atoms with Crippen molar-refractivity contribution < 1.29 is 329 Å². The first-order valence-corrected chi connectivity index (χ1v) is 22.6. The van der Waals surface area contributed by atoms with Crippen molar-refractivity contribution in [3.8, 4) is 0 Å². The highest BCUT2D eigenvalue weighted by Crippen LogP contribution is 2.26. The maximum Gasteiger partial charge on any atom is 0.413 e. The summed E-state index contributed by atoms with van der Waals surface area (Å²) in [6, 6.07) is 0. The summed E-state index contributed by atoms with van der Waals surface area (Å²) < 4.78 is 602. The molecule has 0 aromatic heterocycles. The van der Waals surface area contributed by atoms with E-state index in [4.69, 9.17) is 51.1 Å². The second-order valence-corrected chi connectivity index (χ2v) is 7.54.